The highest BCUT2D eigenvalue weighted by Crippen LogP contribution is 2.66. The smallest absolute Gasteiger partial charge is 0.178 e. The molecule has 1 N–H and O–H groups in total. The highest BCUT2D eigenvalue weighted by Gasteiger charge is 2.62. The summed E-state index contributed by atoms with van der Waals surface area (Å²) in [5.74, 6) is 1.26. The fourth-order valence-corrected chi connectivity index (χ4v) is 7.10. The molecule has 4 nitrogen and oxygen atoms in total. The summed E-state index contributed by atoms with van der Waals surface area (Å²) in [6, 6.07) is 0. The number of Topliss-reactive ketones (excluding diaryl/α,β-unsaturated/α-hetero) is 1. The molecule has 0 heterocycles. The first-order valence-electron chi connectivity index (χ1n) is 9.95. The van der Waals surface area contributed by atoms with E-state index in [0.29, 0.717) is 18.3 Å². The minimum atomic E-state index is -0.441. The molecule has 0 aromatic rings. The average molecular weight is 358 g/mol. The average Bonchev–Trinajstić information content (AvgIpc) is 2.92. The van der Waals surface area contributed by atoms with E-state index in [1.54, 1.807) is 19.3 Å². The van der Waals surface area contributed by atoms with E-state index in [2.05, 4.69) is 13.8 Å². The Morgan fingerprint density at radius 2 is 2.08 bits per heavy atom. The third kappa shape index (κ3) is 2.41. The van der Waals surface area contributed by atoms with E-state index in [4.69, 9.17) is 4.74 Å². The Morgan fingerprint density at radius 3 is 2.81 bits per heavy atom. The number of ether oxygens (including phenoxy) is 1. The zero-order valence-electron chi connectivity index (χ0n) is 16.0. The fraction of sp³-hybridized carbons (Fsp3) is 0.727. The van der Waals surface area contributed by atoms with Crippen LogP contribution < -0.4 is 0 Å². The van der Waals surface area contributed by atoms with Crippen LogP contribution in [-0.4, -0.2) is 36.5 Å². The standard InChI is InChI=1S/C22H30O4/c1-21-9-8-14(23)10-13(21)4-5-15-16-6-7-17(19(25)12-26-3)22(16,2)11-18(24)20(15)21/h8-10,15-18,20,24H,4-7,11-12H2,1-3H3/t15-,16?,17+,18-,20?,21-,22-/m0/s1. The van der Waals surface area contributed by atoms with Crippen LogP contribution in [0.1, 0.15) is 46.0 Å². The van der Waals surface area contributed by atoms with Crippen molar-refractivity contribution in [2.45, 2.75) is 52.1 Å². The lowest BCUT2D eigenvalue weighted by Crippen LogP contribution is -2.56. The molecule has 0 aromatic heterocycles. The Balaban J connectivity index is 1.68. The van der Waals surface area contributed by atoms with Gasteiger partial charge in [0.1, 0.15) is 6.61 Å². The van der Waals surface area contributed by atoms with Gasteiger partial charge in [0.25, 0.3) is 0 Å². The molecular weight excluding hydrogens is 328 g/mol. The van der Waals surface area contributed by atoms with Crippen molar-refractivity contribution < 1.29 is 19.4 Å². The van der Waals surface area contributed by atoms with Crippen LogP contribution in [0.3, 0.4) is 0 Å². The van der Waals surface area contributed by atoms with Crippen LogP contribution >= 0.6 is 0 Å². The highest BCUT2D eigenvalue weighted by atomic mass is 16.5. The fourth-order valence-electron chi connectivity index (χ4n) is 7.10. The lowest BCUT2D eigenvalue weighted by atomic mass is 9.46. The number of rotatable bonds is 3. The Kier molecular flexibility index (Phi) is 4.27. The van der Waals surface area contributed by atoms with Gasteiger partial charge in [0, 0.05) is 24.4 Å². The number of hydrogen-bond acceptors (Lipinski definition) is 4. The number of hydrogen-bond donors (Lipinski definition) is 1. The third-order valence-electron chi connectivity index (χ3n) is 8.17. The molecule has 4 aliphatic carbocycles. The molecule has 0 radical (unpaired) electrons. The summed E-state index contributed by atoms with van der Waals surface area (Å²) in [6.45, 7) is 4.58. The van der Waals surface area contributed by atoms with Gasteiger partial charge in [-0.05, 0) is 61.5 Å². The van der Waals surface area contributed by atoms with Crippen LogP contribution in [0.25, 0.3) is 0 Å². The second-order valence-corrected chi connectivity index (χ2v) is 9.33. The first kappa shape index (κ1) is 18.1. The summed E-state index contributed by atoms with van der Waals surface area (Å²) < 4.78 is 5.11. The van der Waals surface area contributed by atoms with Crippen molar-refractivity contribution in [2.24, 2.45) is 34.5 Å². The van der Waals surface area contributed by atoms with E-state index in [1.165, 1.54) is 5.57 Å². The van der Waals surface area contributed by atoms with Crippen molar-refractivity contribution in [3.63, 3.8) is 0 Å². The summed E-state index contributed by atoms with van der Waals surface area (Å²) in [5, 5.41) is 11.2. The number of aliphatic hydroxyl groups is 1. The molecule has 4 heteroatoms. The monoisotopic (exact) mass is 358 g/mol. The van der Waals surface area contributed by atoms with Gasteiger partial charge in [-0.3, -0.25) is 9.59 Å². The van der Waals surface area contributed by atoms with Crippen LogP contribution in [0.15, 0.2) is 23.8 Å². The first-order valence-corrected chi connectivity index (χ1v) is 9.95. The topological polar surface area (TPSA) is 63.6 Å². The minimum Gasteiger partial charge on any atom is -0.393 e. The molecule has 0 aliphatic heterocycles. The van der Waals surface area contributed by atoms with Gasteiger partial charge in [0.15, 0.2) is 11.6 Å². The van der Waals surface area contributed by atoms with Gasteiger partial charge in [-0.2, -0.15) is 0 Å². The summed E-state index contributed by atoms with van der Waals surface area (Å²) in [6.07, 6.45) is 9.63. The number of fused-ring (bicyclic) bond motifs is 5. The van der Waals surface area contributed by atoms with E-state index < -0.39 is 6.10 Å². The van der Waals surface area contributed by atoms with Gasteiger partial charge in [-0.15, -0.1) is 0 Å². The van der Waals surface area contributed by atoms with E-state index in [-0.39, 0.29) is 40.8 Å². The van der Waals surface area contributed by atoms with Gasteiger partial charge in [-0.1, -0.05) is 25.5 Å². The summed E-state index contributed by atoms with van der Waals surface area (Å²) in [5.41, 5.74) is 0.813. The third-order valence-corrected chi connectivity index (χ3v) is 8.17. The molecule has 4 aliphatic rings. The SMILES string of the molecule is COCC(=O)[C@H]1CCC2[C@@H]3CCC4=CC(=O)C=C[C@]4(C)C3[C@@H](O)C[C@@]21C. The Hall–Kier alpha value is -1.26. The molecule has 4 rings (SSSR count). The lowest BCUT2D eigenvalue weighted by molar-refractivity contribution is -0.142. The molecular formula is C22H30O4. The van der Waals surface area contributed by atoms with Crippen molar-refractivity contribution in [3.05, 3.63) is 23.8 Å². The quantitative estimate of drug-likeness (QED) is 0.842. The number of carbonyl (C=O) groups excluding carboxylic acids is 2. The number of methoxy groups -OCH3 is 1. The molecule has 2 unspecified atom stereocenters. The molecule has 0 amide bonds. The maximum atomic E-state index is 12.6. The molecule has 0 aromatic carbocycles. The second kappa shape index (κ2) is 6.13. The lowest BCUT2D eigenvalue weighted by Gasteiger charge is -2.58. The Morgan fingerprint density at radius 1 is 1.31 bits per heavy atom. The van der Waals surface area contributed by atoms with Crippen LogP contribution in [0.4, 0.5) is 0 Å². The summed E-state index contributed by atoms with van der Waals surface area (Å²) in [7, 11) is 1.57. The molecule has 3 saturated carbocycles. The van der Waals surface area contributed by atoms with E-state index in [0.717, 1.165) is 25.7 Å². The molecule has 0 bridgehead atoms. The van der Waals surface area contributed by atoms with Crippen molar-refractivity contribution in [1.29, 1.82) is 0 Å². The van der Waals surface area contributed by atoms with E-state index in [1.807, 2.05) is 6.08 Å². The molecule has 7 atom stereocenters. The zero-order chi connectivity index (χ0) is 18.7. The molecule has 0 spiro atoms. The molecule has 0 saturated heterocycles. The van der Waals surface area contributed by atoms with Crippen molar-refractivity contribution >= 4 is 11.6 Å². The highest BCUT2D eigenvalue weighted by molar-refractivity contribution is 6.01. The number of ketones is 2. The van der Waals surface area contributed by atoms with Crippen LogP contribution in [0, 0.1) is 34.5 Å². The van der Waals surface area contributed by atoms with Crippen molar-refractivity contribution in [1.82, 2.24) is 0 Å². The number of allylic oxidation sites excluding steroid dienone is 4. The van der Waals surface area contributed by atoms with Crippen molar-refractivity contribution in [3.8, 4) is 0 Å². The molecule has 3 fully saturated rings. The van der Waals surface area contributed by atoms with Crippen molar-refractivity contribution in [2.75, 3.05) is 13.7 Å². The number of aliphatic hydroxyl groups excluding tert-OH is 1. The predicted molar refractivity (Wildman–Crippen MR) is 98.4 cm³/mol. The maximum Gasteiger partial charge on any atom is 0.178 e. The normalized spacial score (nSPS) is 47.0. The predicted octanol–water partition coefficient (Wildman–Crippen LogP) is 3.10. The van der Waals surface area contributed by atoms with Crippen LogP contribution in [0.2, 0.25) is 0 Å². The number of carbonyl (C=O) groups is 2. The van der Waals surface area contributed by atoms with Crippen LogP contribution in [0.5, 0.6) is 0 Å². The van der Waals surface area contributed by atoms with Gasteiger partial charge < -0.3 is 9.84 Å². The van der Waals surface area contributed by atoms with Gasteiger partial charge in [0.2, 0.25) is 0 Å². The van der Waals surface area contributed by atoms with Gasteiger partial charge >= 0.3 is 0 Å². The van der Waals surface area contributed by atoms with E-state index >= 15 is 0 Å². The van der Waals surface area contributed by atoms with Crippen LogP contribution in [-0.2, 0) is 14.3 Å². The maximum absolute atomic E-state index is 12.6. The first-order chi connectivity index (χ1) is 12.3. The minimum absolute atomic E-state index is 0.00345. The Bertz CT molecular complexity index is 692. The largest absolute Gasteiger partial charge is 0.393 e. The summed E-state index contributed by atoms with van der Waals surface area (Å²) >= 11 is 0. The van der Waals surface area contributed by atoms with E-state index in [9.17, 15) is 14.7 Å². The van der Waals surface area contributed by atoms with Gasteiger partial charge in [0.05, 0.1) is 6.10 Å². The van der Waals surface area contributed by atoms with Gasteiger partial charge in [-0.25, -0.2) is 0 Å². The molecule has 142 valence electrons. The zero-order valence-corrected chi connectivity index (χ0v) is 16.0. The summed E-state index contributed by atoms with van der Waals surface area (Å²) in [4.78, 5) is 24.5. The Labute approximate surface area is 155 Å². The second-order valence-electron chi connectivity index (χ2n) is 9.33. The molecule has 26 heavy (non-hydrogen) atoms.